The van der Waals surface area contributed by atoms with E-state index in [0.717, 1.165) is 44.8 Å². The highest BCUT2D eigenvalue weighted by Gasteiger charge is 2.13. The van der Waals surface area contributed by atoms with Crippen molar-refractivity contribution in [3.05, 3.63) is 80.6 Å². The van der Waals surface area contributed by atoms with Crippen molar-refractivity contribution in [2.75, 3.05) is 5.32 Å². The normalized spacial score (nSPS) is 11.5. The van der Waals surface area contributed by atoms with Crippen LogP contribution in [0.15, 0.2) is 51.9 Å². The van der Waals surface area contributed by atoms with Crippen LogP contribution in [0.5, 0.6) is 0 Å². The van der Waals surface area contributed by atoms with Crippen LogP contribution in [-0.4, -0.2) is 21.6 Å². The molecule has 2 aromatic carbocycles. The van der Waals surface area contributed by atoms with E-state index in [1.54, 1.807) is 0 Å². The van der Waals surface area contributed by atoms with Gasteiger partial charge in [0.15, 0.2) is 0 Å². The fourth-order valence-electron chi connectivity index (χ4n) is 3.53. The highest BCUT2D eigenvalue weighted by Crippen LogP contribution is 2.17. The number of aryl methyl sites for hydroxylation is 4. The highest BCUT2D eigenvalue weighted by atomic mass is 79.9. The Hall–Kier alpha value is -2.93. The summed E-state index contributed by atoms with van der Waals surface area (Å²) in [5, 5.41) is 10.7. The molecule has 1 amide bonds. The lowest BCUT2D eigenvalue weighted by molar-refractivity contribution is 0.0976. The second-order valence-electron chi connectivity index (χ2n) is 7.60. The first kappa shape index (κ1) is 22.7. The van der Waals surface area contributed by atoms with Gasteiger partial charge in [0.25, 0.3) is 5.91 Å². The molecule has 1 heterocycles. The number of nitrogens with zero attached hydrogens (tertiary/aromatic N) is 3. The zero-order valence-corrected chi connectivity index (χ0v) is 20.2. The first-order valence-corrected chi connectivity index (χ1v) is 11.1. The molecule has 1 aromatic heterocycles. The lowest BCUT2D eigenvalue weighted by Gasteiger charge is -2.13. The average Bonchev–Trinajstić information content (AvgIpc) is 2.98. The molecular weight excluding hydrogens is 454 g/mol. The minimum atomic E-state index is -0.203. The van der Waals surface area contributed by atoms with Gasteiger partial charge in [0.1, 0.15) is 0 Å². The highest BCUT2D eigenvalue weighted by molar-refractivity contribution is 9.10. The number of rotatable bonds is 5. The number of amides is 1. The van der Waals surface area contributed by atoms with Gasteiger partial charge in [-0.1, -0.05) is 39.2 Å². The van der Waals surface area contributed by atoms with Crippen LogP contribution < -0.4 is 10.6 Å². The summed E-state index contributed by atoms with van der Waals surface area (Å²) in [6, 6.07) is 13.5. The van der Waals surface area contributed by atoms with Crippen LogP contribution in [-0.2, 0) is 13.1 Å². The number of aliphatic imine (C=N–C) groups is 1. The standard InChI is InChI=1S/C24H28BrN5O/c1-6-30-18(5)22(17(4)29-30)14-26-24(27-21-9-7-8-20(25)13-21)28-23(31)19-11-15(2)10-16(3)12-19/h7-13H,6,14H2,1-5H3,(H2,26,27,28,31). The van der Waals surface area contributed by atoms with E-state index in [1.165, 1.54) is 0 Å². The summed E-state index contributed by atoms with van der Waals surface area (Å²) in [5.41, 5.74) is 6.62. The number of halogens is 1. The van der Waals surface area contributed by atoms with Crippen molar-refractivity contribution in [1.82, 2.24) is 15.1 Å². The maximum absolute atomic E-state index is 13.0. The molecule has 3 aromatic rings. The molecule has 0 saturated heterocycles. The molecule has 0 aliphatic carbocycles. The molecule has 0 bridgehead atoms. The number of nitrogens with one attached hydrogen (secondary N) is 2. The molecule has 7 heteroatoms. The molecule has 162 valence electrons. The number of guanidine groups is 1. The van der Waals surface area contributed by atoms with Crippen LogP contribution >= 0.6 is 15.9 Å². The van der Waals surface area contributed by atoms with Crippen LogP contribution in [0.2, 0.25) is 0 Å². The molecule has 6 nitrogen and oxygen atoms in total. The third-order valence-electron chi connectivity index (χ3n) is 5.03. The third-order valence-corrected chi connectivity index (χ3v) is 5.52. The minimum absolute atomic E-state index is 0.203. The van der Waals surface area contributed by atoms with Crippen molar-refractivity contribution in [1.29, 1.82) is 0 Å². The molecular formula is C24H28BrN5O. The van der Waals surface area contributed by atoms with Gasteiger partial charge in [-0.3, -0.25) is 14.8 Å². The van der Waals surface area contributed by atoms with E-state index in [0.29, 0.717) is 18.1 Å². The van der Waals surface area contributed by atoms with Crippen molar-refractivity contribution < 1.29 is 4.79 Å². The fraction of sp³-hybridized carbons (Fsp3) is 0.292. The monoisotopic (exact) mass is 481 g/mol. The largest absolute Gasteiger partial charge is 0.326 e. The van der Waals surface area contributed by atoms with Crippen LogP contribution in [0, 0.1) is 27.7 Å². The predicted octanol–water partition coefficient (Wildman–Crippen LogP) is 5.30. The molecule has 0 saturated carbocycles. The van der Waals surface area contributed by atoms with E-state index in [4.69, 9.17) is 4.99 Å². The van der Waals surface area contributed by atoms with Crippen molar-refractivity contribution in [2.24, 2.45) is 4.99 Å². The molecule has 0 radical (unpaired) electrons. The Kier molecular flexibility index (Phi) is 7.28. The number of aromatic nitrogens is 2. The van der Waals surface area contributed by atoms with E-state index < -0.39 is 0 Å². The van der Waals surface area contributed by atoms with E-state index in [-0.39, 0.29) is 5.91 Å². The van der Waals surface area contributed by atoms with Gasteiger partial charge < -0.3 is 5.32 Å². The molecule has 0 fully saturated rings. The number of benzene rings is 2. The van der Waals surface area contributed by atoms with Crippen LogP contribution in [0.1, 0.15) is 45.4 Å². The van der Waals surface area contributed by atoms with Gasteiger partial charge in [-0.25, -0.2) is 4.99 Å². The lowest BCUT2D eigenvalue weighted by Crippen LogP contribution is -2.36. The van der Waals surface area contributed by atoms with Gasteiger partial charge in [0, 0.05) is 33.5 Å². The quantitative estimate of drug-likeness (QED) is 0.383. The summed E-state index contributed by atoms with van der Waals surface area (Å²) in [7, 11) is 0. The molecule has 2 N–H and O–H groups in total. The maximum Gasteiger partial charge on any atom is 0.257 e. The Labute approximate surface area is 191 Å². The van der Waals surface area contributed by atoms with Gasteiger partial charge in [0.2, 0.25) is 5.96 Å². The topological polar surface area (TPSA) is 71.3 Å². The Morgan fingerprint density at radius 1 is 1.10 bits per heavy atom. The van der Waals surface area contributed by atoms with Crippen molar-refractivity contribution in [3.63, 3.8) is 0 Å². The number of carbonyl (C=O) groups excluding carboxylic acids is 1. The molecule has 31 heavy (non-hydrogen) atoms. The Morgan fingerprint density at radius 3 is 2.42 bits per heavy atom. The van der Waals surface area contributed by atoms with E-state index in [2.05, 4.69) is 38.6 Å². The van der Waals surface area contributed by atoms with E-state index >= 15 is 0 Å². The Morgan fingerprint density at radius 2 is 1.81 bits per heavy atom. The first-order chi connectivity index (χ1) is 14.8. The van der Waals surface area contributed by atoms with Crippen LogP contribution in [0.3, 0.4) is 0 Å². The molecule has 0 spiro atoms. The number of hydrogen-bond acceptors (Lipinski definition) is 3. The predicted molar refractivity (Wildman–Crippen MR) is 130 cm³/mol. The van der Waals surface area contributed by atoms with Crippen molar-refractivity contribution in [2.45, 2.75) is 47.7 Å². The lowest BCUT2D eigenvalue weighted by atomic mass is 10.1. The van der Waals surface area contributed by atoms with E-state index in [9.17, 15) is 4.79 Å². The first-order valence-electron chi connectivity index (χ1n) is 10.3. The number of hydrogen-bond donors (Lipinski definition) is 2. The Balaban J connectivity index is 1.89. The summed E-state index contributed by atoms with van der Waals surface area (Å²) in [4.78, 5) is 17.7. The molecule has 0 aliphatic rings. The third kappa shape index (κ3) is 5.82. The van der Waals surface area contributed by atoms with Gasteiger partial charge in [0.05, 0.1) is 12.2 Å². The molecule has 0 atom stereocenters. The summed E-state index contributed by atoms with van der Waals surface area (Å²) < 4.78 is 2.91. The summed E-state index contributed by atoms with van der Waals surface area (Å²) >= 11 is 3.48. The SMILES string of the molecule is CCn1nc(C)c(CN=C(NC(=O)c2cc(C)cc(C)c2)Nc2cccc(Br)c2)c1C. The number of anilines is 1. The van der Waals surface area contributed by atoms with Gasteiger partial charge in [-0.2, -0.15) is 5.10 Å². The van der Waals surface area contributed by atoms with Crippen molar-refractivity contribution >= 4 is 33.5 Å². The molecule has 0 unspecified atom stereocenters. The summed E-state index contributed by atoms with van der Waals surface area (Å²) in [6.07, 6.45) is 0. The second-order valence-corrected chi connectivity index (χ2v) is 8.51. The van der Waals surface area contributed by atoms with Gasteiger partial charge in [-0.05, 0) is 65.0 Å². The zero-order chi connectivity index (χ0) is 22.5. The zero-order valence-electron chi connectivity index (χ0n) is 18.6. The average molecular weight is 482 g/mol. The van der Waals surface area contributed by atoms with E-state index in [1.807, 2.05) is 74.8 Å². The second kappa shape index (κ2) is 9.92. The summed E-state index contributed by atoms with van der Waals surface area (Å²) in [6.45, 7) is 11.3. The Bertz CT molecular complexity index is 1110. The van der Waals surface area contributed by atoms with Gasteiger partial charge >= 0.3 is 0 Å². The molecule has 0 aliphatic heterocycles. The van der Waals surface area contributed by atoms with Crippen molar-refractivity contribution in [3.8, 4) is 0 Å². The van der Waals surface area contributed by atoms with Crippen LogP contribution in [0.4, 0.5) is 5.69 Å². The molecule has 3 rings (SSSR count). The number of carbonyl (C=O) groups is 1. The smallest absolute Gasteiger partial charge is 0.257 e. The van der Waals surface area contributed by atoms with Gasteiger partial charge in [-0.15, -0.1) is 0 Å². The summed E-state index contributed by atoms with van der Waals surface area (Å²) in [5.74, 6) is 0.191. The minimum Gasteiger partial charge on any atom is -0.326 e. The fourth-order valence-corrected chi connectivity index (χ4v) is 3.93. The maximum atomic E-state index is 13.0. The van der Waals surface area contributed by atoms with Crippen LogP contribution in [0.25, 0.3) is 0 Å².